The molecule has 2 aliphatic rings. The van der Waals surface area contributed by atoms with Crippen LogP contribution in [-0.2, 0) is 14.6 Å². The Kier molecular flexibility index (Phi) is 2.71. The summed E-state index contributed by atoms with van der Waals surface area (Å²) in [5, 5.41) is 9.32. The zero-order chi connectivity index (χ0) is 11.8. The Labute approximate surface area is 93.2 Å². The summed E-state index contributed by atoms with van der Waals surface area (Å²) in [6.45, 7) is 1.25. The molecule has 1 fully saturated rings. The van der Waals surface area contributed by atoms with E-state index >= 15 is 0 Å². The van der Waals surface area contributed by atoms with E-state index in [4.69, 9.17) is 5.11 Å². The van der Waals surface area contributed by atoms with Gasteiger partial charge in [-0.25, -0.2) is 18.2 Å². The topological polar surface area (TPSA) is 87.0 Å². The summed E-state index contributed by atoms with van der Waals surface area (Å²) < 4.78 is 23.3. The first-order valence-corrected chi connectivity index (χ1v) is 6.59. The third kappa shape index (κ3) is 1.95. The Bertz CT molecular complexity index is 472. The summed E-state index contributed by atoms with van der Waals surface area (Å²) in [6, 6.07) is 0. The van der Waals surface area contributed by atoms with Gasteiger partial charge in [-0.1, -0.05) is 0 Å². The molecule has 2 heterocycles. The van der Waals surface area contributed by atoms with Crippen LogP contribution in [0.1, 0.15) is 19.3 Å². The highest BCUT2D eigenvalue weighted by Gasteiger charge is 2.32. The second kappa shape index (κ2) is 3.89. The number of aliphatic carboxylic acids is 1. The predicted molar refractivity (Wildman–Crippen MR) is 57.5 cm³/mol. The Hall–Kier alpha value is -1.37. The summed E-state index contributed by atoms with van der Waals surface area (Å²) in [4.78, 5) is 16.0. The highest BCUT2D eigenvalue weighted by molar-refractivity contribution is 8.09. The lowest BCUT2D eigenvalue weighted by Gasteiger charge is -2.27. The quantitative estimate of drug-likeness (QED) is 0.711. The van der Waals surface area contributed by atoms with Crippen molar-refractivity contribution in [2.45, 2.75) is 19.3 Å². The molecule has 0 aliphatic carbocycles. The number of rotatable bonds is 1. The fraction of sp³-hybridized carbons (Fsp3) is 0.556. The number of amidine groups is 1. The first-order valence-electron chi connectivity index (χ1n) is 5.04. The Balaban J connectivity index is 2.29. The molecule has 0 bridgehead atoms. The van der Waals surface area contributed by atoms with E-state index in [1.165, 1.54) is 0 Å². The highest BCUT2D eigenvalue weighted by atomic mass is 32.2. The molecule has 1 N–H and O–H groups in total. The molecular weight excluding hydrogens is 232 g/mol. The van der Waals surface area contributed by atoms with Gasteiger partial charge in [-0.05, 0) is 19.3 Å². The van der Waals surface area contributed by atoms with Gasteiger partial charge in [-0.2, -0.15) is 0 Å². The first-order chi connectivity index (χ1) is 7.50. The van der Waals surface area contributed by atoms with E-state index in [2.05, 4.69) is 4.99 Å². The predicted octanol–water partition coefficient (Wildman–Crippen LogP) is 0.183. The molecule has 0 aromatic carbocycles. The number of aliphatic imine (C=N–C) groups is 1. The zero-order valence-electron chi connectivity index (χ0n) is 8.59. The summed E-state index contributed by atoms with van der Waals surface area (Å²) in [5.74, 6) is -1.31. The van der Waals surface area contributed by atoms with Crippen LogP contribution in [0.2, 0.25) is 0 Å². The Morgan fingerprint density at radius 1 is 1.31 bits per heavy atom. The zero-order valence-corrected chi connectivity index (χ0v) is 9.40. The molecule has 0 radical (unpaired) electrons. The molecule has 0 saturated carbocycles. The van der Waals surface area contributed by atoms with Crippen LogP contribution in [0, 0.1) is 0 Å². The van der Waals surface area contributed by atoms with Gasteiger partial charge < -0.3 is 10.0 Å². The first kappa shape index (κ1) is 11.1. The van der Waals surface area contributed by atoms with E-state index in [1.807, 2.05) is 0 Å². The normalized spacial score (nSPS) is 23.9. The molecule has 2 aliphatic heterocycles. The summed E-state index contributed by atoms with van der Waals surface area (Å²) in [7, 11) is -3.65. The van der Waals surface area contributed by atoms with Gasteiger partial charge >= 0.3 is 5.97 Å². The lowest BCUT2D eigenvalue weighted by atomic mass is 10.1. The van der Waals surface area contributed by atoms with Gasteiger partial charge in [0.05, 0.1) is 5.41 Å². The molecule has 88 valence electrons. The third-order valence-corrected chi connectivity index (χ3v) is 3.98. The smallest absolute Gasteiger partial charge is 0.355 e. The second-order valence-electron chi connectivity index (χ2n) is 3.80. The van der Waals surface area contributed by atoms with Crippen molar-refractivity contribution < 1.29 is 18.3 Å². The molecule has 16 heavy (non-hydrogen) atoms. The SMILES string of the molecule is O=C(O)C1=CS(=O)(=O)C(N2CCCCC2)=N1. The minimum Gasteiger partial charge on any atom is -0.476 e. The van der Waals surface area contributed by atoms with E-state index in [-0.39, 0.29) is 5.17 Å². The molecule has 0 atom stereocenters. The van der Waals surface area contributed by atoms with Crippen LogP contribution < -0.4 is 0 Å². The van der Waals surface area contributed by atoms with Crippen molar-refractivity contribution >= 4 is 21.0 Å². The molecule has 2 rings (SSSR count). The lowest BCUT2D eigenvalue weighted by molar-refractivity contribution is -0.132. The number of carboxylic acids is 1. The maximum absolute atomic E-state index is 11.7. The van der Waals surface area contributed by atoms with Crippen LogP contribution in [0.3, 0.4) is 0 Å². The molecule has 0 spiro atoms. The second-order valence-corrected chi connectivity index (χ2v) is 5.49. The van der Waals surface area contributed by atoms with Gasteiger partial charge in [0, 0.05) is 13.1 Å². The number of hydrogen-bond donors (Lipinski definition) is 1. The van der Waals surface area contributed by atoms with Crippen LogP contribution in [0.4, 0.5) is 0 Å². The fourth-order valence-electron chi connectivity index (χ4n) is 1.83. The number of carbonyl (C=O) groups is 1. The molecule has 1 saturated heterocycles. The van der Waals surface area contributed by atoms with Crippen molar-refractivity contribution in [2.75, 3.05) is 13.1 Å². The van der Waals surface area contributed by atoms with Gasteiger partial charge in [0.2, 0.25) is 15.0 Å². The van der Waals surface area contributed by atoms with Gasteiger partial charge in [0.1, 0.15) is 0 Å². The van der Waals surface area contributed by atoms with Crippen molar-refractivity contribution in [1.29, 1.82) is 0 Å². The molecule has 6 nitrogen and oxygen atoms in total. The van der Waals surface area contributed by atoms with Crippen molar-refractivity contribution in [3.63, 3.8) is 0 Å². The van der Waals surface area contributed by atoms with Crippen molar-refractivity contribution in [3.8, 4) is 0 Å². The molecule has 0 amide bonds. The van der Waals surface area contributed by atoms with E-state index < -0.39 is 21.5 Å². The van der Waals surface area contributed by atoms with Crippen molar-refractivity contribution in [2.24, 2.45) is 4.99 Å². The minimum atomic E-state index is -3.65. The molecule has 7 heteroatoms. The minimum absolute atomic E-state index is 0.107. The molecule has 0 aromatic rings. The average molecular weight is 244 g/mol. The number of hydrogen-bond acceptors (Lipinski definition) is 5. The van der Waals surface area contributed by atoms with Crippen LogP contribution >= 0.6 is 0 Å². The van der Waals surface area contributed by atoms with Gasteiger partial charge in [0.15, 0.2) is 5.70 Å². The highest BCUT2D eigenvalue weighted by Crippen LogP contribution is 2.20. The number of carboxylic acid groups (broad SMARTS) is 1. The standard InChI is InChI=1S/C9H12N2O4S/c12-8(13)7-6-16(14,15)9(10-7)11-4-2-1-3-5-11/h6H,1-5H2,(H,12,13). The van der Waals surface area contributed by atoms with Gasteiger partial charge in [-0.3, -0.25) is 0 Å². The number of sulfone groups is 1. The molecule has 0 aromatic heterocycles. The summed E-state index contributed by atoms with van der Waals surface area (Å²) in [6.07, 6.45) is 2.90. The third-order valence-electron chi connectivity index (χ3n) is 2.58. The largest absolute Gasteiger partial charge is 0.476 e. The Morgan fingerprint density at radius 3 is 2.44 bits per heavy atom. The van der Waals surface area contributed by atoms with E-state index in [0.717, 1.165) is 24.7 Å². The fourth-order valence-corrected chi connectivity index (χ4v) is 3.15. The molecular formula is C9H12N2O4S. The van der Waals surface area contributed by atoms with Crippen LogP contribution in [0.25, 0.3) is 0 Å². The van der Waals surface area contributed by atoms with Crippen molar-refractivity contribution in [3.05, 3.63) is 11.1 Å². The van der Waals surface area contributed by atoms with Gasteiger partial charge in [-0.15, -0.1) is 0 Å². The van der Waals surface area contributed by atoms with Crippen LogP contribution in [-0.4, -0.2) is 42.7 Å². The van der Waals surface area contributed by atoms with Crippen molar-refractivity contribution in [1.82, 2.24) is 4.90 Å². The van der Waals surface area contributed by atoms with Crippen LogP contribution in [0.15, 0.2) is 16.1 Å². The average Bonchev–Trinajstić information content (AvgIpc) is 2.56. The summed E-state index contributed by atoms with van der Waals surface area (Å²) >= 11 is 0. The number of likely N-dealkylation sites (tertiary alicyclic amines) is 1. The van der Waals surface area contributed by atoms with E-state index in [1.54, 1.807) is 4.90 Å². The van der Waals surface area contributed by atoms with Crippen LogP contribution in [0.5, 0.6) is 0 Å². The maximum Gasteiger partial charge on any atom is 0.355 e. The van der Waals surface area contributed by atoms with E-state index in [0.29, 0.717) is 13.1 Å². The lowest BCUT2D eigenvalue weighted by Crippen LogP contribution is -2.38. The monoisotopic (exact) mass is 244 g/mol. The Morgan fingerprint density at radius 2 is 1.94 bits per heavy atom. The maximum atomic E-state index is 11.7. The number of piperidine rings is 1. The van der Waals surface area contributed by atoms with Gasteiger partial charge in [0.25, 0.3) is 0 Å². The van der Waals surface area contributed by atoms with E-state index in [9.17, 15) is 13.2 Å². The summed E-state index contributed by atoms with van der Waals surface area (Å²) in [5.41, 5.74) is -0.402. The number of nitrogens with zero attached hydrogens (tertiary/aromatic N) is 2. The molecule has 0 unspecified atom stereocenters.